The van der Waals surface area contributed by atoms with Crippen molar-refractivity contribution in [2.24, 2.45) is 17.7 Å². The van der Waals surface area contributed by atoms with Crippen LogP contribution < -0.4 is 11.3 Å². The van der Waals surface area contributed by atoms with E-state index in [2.05, 4.69) is 12.3 Å². The van der Waals surface area contributed by atoms with Crippen LogP contribution in [0.25, 0.3) is 0 Å². The van der Waals surface area contributed by atoms with Crippen LogP contribution in [0.15, 0.2) is 18.2 Å². The first kappa shape index (κ1) is 13.5. The largest absolute Gasteiger partial charge is 0.271 e. The molecule has 0 heterocycles. The minimum absolute atomic E-state index is 0.145. The van der Waals surface area contributed by atoms with Gasteiger partial charge in [0.05, 0.1) is 0 Å². The number of hydrazine groups is 1. The van der Waals surface area contributed by atoms with Crippen molar-refractivity contribution >= 4 is 0 Å². The van der Waals surface area contributed by atoms with E-state index in [9.17, 15) is 4.39 Å². The van der Waals surface area contributed by atoms with E-state index in [4.69, 9.17) is 5.84 Å². The lowest BCUT2D eigenvalue weighted by molar-refractivity contribution is 0.224. The summed E-state index contributed by atoms with van der Waals surface area (Å²) in [6.07, 6.45) is 4.99. The average molecular weight is 250 g/mol. The molecule has 1 aliphatic rings. The Hall–Kier alpha value is -0.930. The van der Waals surface area contributed by atoms with E-state index < -0.39 is 0 Å². The minimum Gasteiger partial charge on any atom is -0.271 e. The Morgan fingerprint density at radius 3 is 2.78 bits per heavy atom. The number of halogens is 1. The van der Waals surface area contributed by atoms with Gasteiger partial charge >= 0.3 is 0 Å². The number of aryl methyl sites for hydroxylation is 1. The number of hydrogen-bond acceptors (Lipinski definition) is 2. The van der Waals surface area contributed by atoms with Gasteiger partial charge in [-0.15, -0.1) is 0 Å². The fraction of sp³-hybridized carbons (Fsp3) is 0.600. The van der Waals surface area contributed by atoms with Gasteiger partial charge in [0.25, 0.3) is 0 Å². The average Bonchev–Trinajstić information content (AvgIpc) is 2.35. The zero-order chi connectivity index (χ0) is 13.1. The van der Waals surface area contributed by atoms with E-state index >= 15 is 0 Å². The number of nitrogens with one attached hydrogen (secondary N) is 1. The van der Waals surface area contributed by atoms with Gasteiger partial charge in [0, 0.05) is 6.04 Å². The molecule has 18 heavy (non-hydrogen) atoms. The van der Waals surface area contributed by atoms with Crippen molar-refractivity contribution in [2.45, 2.75) is 45.6 Å². The van der Waals surface area contributed by atoms with Crippen LogP contribution in [0.4, 0.5) is 4.39 Å². The molecule has 3 heteroatoms. The highest BCUT2D eigenvalue weighted by Crippen LogP contribution is 2.37. The number of benzene rings is 1. The molecule has 1 aromatic rings. The first-order chi connectivity index (χ1) is 8.61. The van der Waals surface area contributed by atoms with E-state index in [1.54, 1.807) is 13.0 Å². The monoisotopic (exact) mass is 250 g/mol. The van der Waals surface area contributed by atoms with Crippen molar-refractivity contribution in [3.63, 3.8) is 0 Å². The van der Waals surface area contributed by atoms with Crippen LogP contribution in [-0.4, -0.2) is 0 Å². The van der Waals surface area contributed by atoms with Crippen LogP contribution in [0.1, 0.15) is 49.8 Å². The molecule has 1 aromatic carbocycles. The van der Waals surface area contributed by atoms with E-state index in [1.165, 1.54) is 25.7 Å². The van der Waals surface area contributed by atoms with Crippen molar-refractivity contribution in [3.05, 3.63) is 35.1 Å². The quantitative estimate of drug-likeness (QED) is 0.637. The van der Waals surface area contributed by atoms with Gasteiger partial charge in [-0.2, -0.15) is 0 Å². The van der Waals surface area contributed by atoms with Crippen LogP contribution in [0.2, 0.25) is 0 Å². The summed E-state index contributed by atoms with van der Waals surface area (Å²) in [4.78, 5) is 0. The molecule has 1 saturated carbocycles. The maximum Gasteiger partial charge on any atom is 0.126 e. The van der Waals surface area contributed by atoms with Crippen LogP contribution in [0.5, 0.6) is 0 Å². The maximum atomic E-state index is 13.3. The highest BCUT2D eigenvalue weighted by Gasteiger charge is 2.27. The zero-order valence-corrected chi connectivity index (χ0v) is 11.2. The molecular weight excluding hydrogens is 227 g/mol. The molecule has 3 unspecified atom stereocenters. The van der Waals surface area contributed by atoms with Crippen molar-refractivity contribution in [1.82, 2.24) is 5.43 Å². The lowest BCUT2D eigenvalue weighted by atomic mass is 9.77. The summed E-state index contributed by atoms with van der Waals surface area (Å²) in [6, 6.07) is 5.46. The van der Waals surface area contributed by atoms with Gasteiger partial charge in [-0.1, -0.05) is 31.9 Å². The van der Waals surface area contributed by atoms with Crippen LogP contribution in [0, 0.1) is 24.6 Å². The number of hydrogen-bond donors (Lipinski definition) is 2. The maximum absolute atomic E-state index is 13.3. The minimum atomic E-state index is -0.147. The van der Waals surface area contributed by atoms with Crippen LogP contribution in [0.3, 0.4) is 0 Å². The Kier molecular flexibility index (Phi) is 4.36. The lowest BCUT2D eigenvalue weighted by Crippen LogP contribution is -2.35. The summed E-state index contributed by atoms with van der Waals surface area (Å²) < 4.78 is 13.3. The van der Waals surface area contributed by atoms with Gasteiger partial charge in [0.2, 0.25) is 0 Å². The van der Waals surface area contributed by atoms with Crippen LogP contribution in [-0.2, 0) is 0 Å². The Morgan fingerprint density at radius 1 is 1.39 bits per heavy atom. The predicted molar refractivity (Wildman–Crippen MR) is 72.3 cm³/mol. The van der Waals surface area contributed by atoms with Crippen molar-refractivity contribution < 1.29 is 4.39 Å². The van der Waals surface area contributed by atoms with E-state index in [1.807, 2.05) is 12.1 Å². The van der Waals surface area contributed by atoms with Gasteiger partial charge < -0.3 is 0 Å². The van der Waals surface area contributed by atoms with Gasteiger partial charge in [-0.3, -0.25) is 11.3 Å². The molecule has 0 spiro atoms. The molecule has 100 valence electrons. The number of rotatable bonds is 3. The van der Waals surface area contributed by atoms with Gasteiger partial charge in [0.15, 0.2) is 0 Å². The summed E-state index contributed by atoms with van der Waals surface area (Å²) in [7, 11) is 0. The Labute approximate surface area is 109 Å². The molecule has 0 radical (unpaired) electrons. The Morgan fingerprint density at radius 2 is 2.17 bits per heavy atom. The molecule has 1 aliphatic carbocycles. The summed E-state index contributed by atoms with van der Waals surface area (Å²) in [5.74, 6) is 6.90. The molecule has 1 fully saturated rings. The van der Waals surface area contributed by atoms with Crippen molar-refractivity contribution in [1.29, 1.82) is 0 Å². The van der Waals surface area contributed by atoms with E-state index in [0.29, 0.717) is 11.5 Å². The van der Waals surface area contributed by atoms with Crippen molar-refractivity contribution in [2.75, 3.05) is 0 Å². The molecule has 2 nitrogen and oxygen atoms in total. The highest BCUT2D eigenvalue weighted by atomic mass is 19.1. The standard InChI is InChI=1S/C15H23FN2/c1-10-4-3-5-12(8-10)15(18-17)13-6-7-14(16)11(2)9-13/h6-7,9-10,12,15,18H,3-5,8,17H2,1-2H3. The SMILES string of the molecule is Cc1cc(C(NN)C2CCCC(C)C2)ccc1F. The summed E-state index contributed by atoms with van der Waals surface area (Å²) in [6.45, 7) is 4.10. The van der Waals surface area contributed by atoms with E-state index in [0.717, 1.165) is 11.5 Å². The Balaban J connectivity index is 2.18. The molecule has 0 aromatic heterocycles. The molecule has 3 N–H and O–H groups in total. The second-order valence-corrected chi connectivity index (χ2v) is 5.68. The van der Waals surface area contributed by atoms with E-state index in [-0.39, 0.29) is 11.9 Å². The van der Waals surface area contributed by atoms with Crippen molar-refractivity contribution in [3.8, 4) is 0 Å². The fourth-order valence-electron chi connectivity index (χ4n) is 3.15. The lowest BCUT2D eigenvalue weighted by Gasteiger charge is -2.33. The normalized spacial score (nSPS) is 26.0. The number of nitrogens with two attached hydrogens (primary N) is 1. The third-order valence-corrected chi connectivity index (χ3v) is 4.17. The molecule has 2 rings (SSSR count). The smallest absolute Gasteiger partial charge is 0.126 e. The van der Waals surface area contributed by atoms with Gasteiger partial charge in [-0.05, 0) is 48.8 Å². The second kappa shape index (κ2) is 5.81. The molecule has 0 bridgehead atoms. The molecule has 3 atom stereocenters. The first-order valence-electron chi connectivity index (χ1n) is 6.84. The molecular formula is C15H23FN2. The highest BCUT2D eigenvalue weighted by molar-refractivity contribution is 5.27. The third kappa shape index (κ3) is 2.90. The summed E-state index contributed by atoms with van der Waals surface area (Å²) in [5, 5.41) is 0. The summed E-state index contributed by atoms with van der Waals surface area (Å²) >= 11 is 0. The van der Waals surface area contributed by atoms with Gasteiger partial charge in [0.1, 0.15) is 5.82 Å². The molecule has 0 amide bonds. The Bertz CT molecular complexity index is 405. The second-order valence-electron chi connectivity index (χ2n) is 5.68. The fourth-order valence-corrected chi connectivity index (χ4v) is 3.15. The van der Waals surface area contributed by atoms with Gasteiger partial charge in [-0.25, -0.2) is 4.39 Å². The molecule has 0 saturated heterocycles. The molecule has 0 aliphatic heterocycles. The third-order valence-electron chi connectivity index (χ3n) is 4.17. The summed E-state index contributed by atoms with van der Waals surface area (Å²) in [5.41, 5.74) is 4.73. The topological polar surface area (TPSA) is 38.0 Å². The zero-order valence-electron chi connectivity index (χ0n) is 11.2. The van der Waals surface area contributed by atoms with Crippen LogP contribution >= 0.6 is 0 Å². The predicted octanol–water partition coefficient (Wildman–Crippen LogP) is 3.46. The first-order valence-corrected chi connectivity index (χ1v) is 6.84.